The van der Waals surface area contributed by atoms with E-state index in [1.54, 1.807) is 0 Å². The smallest absolute Gasteiger partial charge is 0.0453 e. The molecule has 0 saturated heterocycles. The van der Waals surface area contributed by atoms with E-state index in [1.807, 2.05) is 25.2 Å². The molecule has 0 aromatic heterocycles. The summed E-state index contributed by atoms with van der Waals surface area (Å²) in [5.41, 5.74) is 1.18. The molecule has 3 heteroatoms. The van der Waals surface area contributed by atoms with Gasteiger partial charge < -0.3 is 5.32 Å². The van der Waals surface area contributed by atoms with Gasteiger partial charge in [-0.05, 0) is 49.4 Å². The monoisotopic (exact) mass is 257 g/mol. The SMILES string of the molecule is CNC(Cc1ccc(Cl)cc1Cl)C1CC1C. The van der Waals surface area contributed by atoms with E-state index in [9.17, 15) is 0 Å². The van der Waals surface area contributed by atoms with Gasteiger partial charge >= 0.3 is 0 Å². The number of nitrogens with one attached hydrogen (secondary N) is 1. The molecule has 1 aromatic rings. The lowest BCUT2D eigenvalue weighted by molar-refractivity contribution is 0.479. The van der Waals surface area contributed by atoms with Crippen molar-refractivity contribution < 1.29 is 0 Å². The fraction of sp³-hybridized carbons (Fsp3) is 0.538. The maximum atomic E-state index is 6.18. The van der Waals surface area contributed by atoms with Gasteiger partial charge in [-0.15, -0.1) is 0 Å². The van der Waals surface area contributed by atoms with Gasteiger partial charge in [0.2, 0.25) is 0 Å². The average Bonchev–Trinajstić information content (AvgIpc) is 2.94. The zero-order valence-corrected chi connectivity index (χ0v) is 11.1. The Morgan fingerprint density at radius 2 is 2.12 bits per heavy atom. The molecule has 1 aliphatic carbocycles. The lowest BCUT2D eigenvalue weighted by Crippen LogP contribution is -2.30. The van der Waals surface area contributed by atoms with Crippen LogP contribution in [0.5, 0.6) is 0 Å². The van der Waals surface area contributed by atoms with Gasteiger partial charge in [0.1, 0.15) is 0 Å². The summed E-state index contributed by atoms with van der Waals surface area (Å²) >= 11 is 12.1. The molecule has 1 fully saturated rings. The van der Waals surface area contributed by atoms with Crippen molar-refractivity contribution in [2.24, 2.45) is 11.8 Å². The Kier molecular flexibility index (Phi) is 3.78. The summed E-state index contributed by atoms with van der Waals surface area (Å²) in [7, 11) is 2.03. The number of rotatable bonds is 4. The molecule has 0 heterocycles. The molecule has 0 radical (unpaired) electrons. The number of likely N-dealkylation sites (N-methyl/N-ethyl adjacent to an activating group) is 1. The molecule has 3 unspecified atom stereocenters. The highest BCUT2D eigenvalue weighted by atomic mass is 35.5. The molecule has 2 rings (SSSR count). The summed E-state index contributed by atoms with van der Waals surface area (Å²) in [5, 5.41) is 4.88. The molecular weight excluding hydrogens is 241 g/mol. The van der Waals surface area contributed by atoms with Crippen LogP contribution in [0.15, 0.2) is 18.2 Å². The van der Waals surface area contributed by atoms with Crippen LogP contribution in [0, 0.1) is 11.8 Å². The Labute approximate surface area is 107 Å². The van der Waals surface area contributed by atoms with Crippen LogP contribution in [-0.4, -0.2) is 13.1 Å². The van der Waals surface area contributed by atoms with E-state index in [0.717, 1.165) is 23.3 Å². The summed E-state index contributed by atoms with van der Waals surface area (Å²) < 4.78 is 0. The quantitative estimate of drug-likeness (QED) is 0.866. The van der Waals surface area contributed by atoms with Crippen molar-refractivity contribution in [3.8, 4) is 0 Å². The average molecular weight is 258 g/mol. The number of hydrogen-bond acceptors (Lipinski definition) is 1. The second-order valence-electron chi connectivity index (χ2n) is 4.71. The van der Waals surface area contributed by atoms with Gasteiger partial charge in [-0.25, -0.2) is 0 Å². The van der Waals surface area contributed by atoms with Crippen LogP contribution in [0.3, 0.4) is 0 Å². The lowest BCUT2D eigenvalue weighted by atomic mass is 10.0. The van der Waals surface area contributed by atoms with Crippen molar-refractivity contribution in [2.75, 3.05) is 7.05 Å². The van der Waals surface area contributed by atoms with Gasteiger partial charge in [-0.1, -0.05) is 36.2 Å². The van der Waals surface area contributed by atoms with Gasteiger partial charge in [0.05, 0.1) is 0 Å². The van der Waals surface area contributed by atoms with Crippen LogP contribution in [-0.2, 0) is 6.42 Å². The fourth-order valence-electron chi connectivity index (χ4n) is 2.30. The Bertz CT molecular complexity index is 378. The first-order valence-electron chi connectivity index (χ1n) is 5.73. The third-order valence-electron chi connectivity index (χ3n) is 3.51. The van der Waals surface area contributed by atoms with Crippen molar-refractivity contribution in [3.05, 3.63) is 33.8 Å². The Balaban J connectivity index is 2.07. The number of hydrogen-bond donors (Lipinski definition) is 1. The van der Waals surface area contributed by atoms with Gasteiger partial charge in [0.25, 0.3) is 0 Å². The molecule has 1 aromatic carbocycles. The van der Waals surface area contributed by atoms with E-state index in [1.165, 1.54) is 12.0 Å². The third-order valence-corrected chi connectivity index (χ3v) is 4.10. The first-order valence-corrected chi connectivity index (χ1v) is 6.48. The molecule has 16 heavy (non-hydrogen) atoms. The summed E-state index contributed by atoms with van der Waals surface area (Å²) in [6.45, 7) is 2.30. The van der Waals surface area contributed by atoms with Gasteiger partial charge in [-0.3, -0.25) is 0 Å². The zero-order chi connectivity index (χ0) is 11.7. The topological polar surface area (TPSA) is 12.0 Å². The first-order chi connectivity index (χ1) is 7.61. The zero-order valence-electron chi connectivity index (χ0n) is 9.63. The maximum absolute atomic E-state index is 6.18. The van der Waals surface area contributed by atoms with Gasteiger partial charge in [0.15, 0.2) is 0 Å². The molecule has 1 saturated carbocycles. The van der Waals surface area contributed by atoms with Crippen molar-refractivity contribution in [3.63, 3.8) is 0 Å². The standard InChI is InChI=1S/C13H17Cl2N/c1-8-5-11(8)13(16-2)6-9-3-4-10(14)7-12(9)15/h3-4,7-8,11,13,16H,5-6H2,1-2H3. The molecule has 88 valence electrons. The Hall–Kier alpha value is -0.240. The van der Waals surface area contributed by atoms with E-state index in [-0.39, 0.29) is 0 Å². The molecule has 1 N–H and O–H groups in total. The third kappa shape index (κ3) is 2.71. The van der Waals surface area contributed by atoms with Crippen LogP contribution in [0.1, 0.15) is 18.9 Å². The normalized spacial score (nSPS) is 25.5. The van der Waals surface area contributed by atoms with E-state index in [0.29, 0.717) is 11.1 Å². The largest absolute Gasteiger partial charge is 0.316 e. The summed E-state index contributed by atoms with van der Waals surface area (Å²) in [5.74, 6) is 1.65. The van der Waals surface area contributed by atoms with Crippen LogP contribution >= 0.6 is 23.2 Å². The van der Waals surface area contributed by atoms with Crippen molar-refractivity contribution >= 4 is 23.2 Å². The summed E-state index contributed by atoms with van der Waals surface area (Å²) in [6, 6.07) is 6.30. The predicted octanol–water partition coefficient (Wildman–Crippen LogP) is 3.78. The second-order valence-corrected chi connectivity index (χ2v) is 5.56. The van der Waals surface area contributed by atoms with E-state index in [4.69, 9.17) is 23.2 Å². The van der Waals surface area contributed by atoms with Crippen molar-refractivity contribution in [1.82, 2.24) is 5.32 Å². The van der Waals surface area contributed by atoms with Gasteiger partial charge in [0, 0.05) is 16.1 Å². The first kappa shape index (κ1) is 12.2. The van der Waals surface area contributed by atoms with E-state index < -0.39 is 0 Å². The van der Waals surface area contributed by atoms with Crippen molar-refractivity contribution in [2.45, 2.75) is 25.8 Å². The molecule has 0 bridgehead atoms. The van der Waals surface area contributed by atoms with Crippen LogP contribution in [0.4, 0.5) is 0 Å². The molecule has 0 spiro atoms. The van der Waals surface area contributed by atoms with Crippen LogP contribution in [0.25, 0.3) is 0 Å². The number of halogens is 2. The highest BCUT2D eigenvalue weighted by molar-refractivity contribution is 6.35. The second kappa shape index (κ2) is 4.95. The van der Waals surface area contributed by atoms with E-state index >= 15 is 0 Å². The van der Waals surface area contributed by atoms with Crippen LogP contribution < -0.4 is 5.32 Å². The lowest BCUT2D eigenvalue weighted by Gasteiger charge is -2.16. The molecule has 1 aliphatic rings. The fourth-order valence-corrected chi connectivity index (χ4v) is 2.79. The highest BCUT2D eigenvalue weighted by Crippen LogP contribution is 2.41. The molecular formula is C13H17Cl2N. The summed E-state index contributed by atoms with van der Waals surface area (Å²) in [4.78, 5) is 0. The van der Waals surface area contributed by atoms with Crippen LogP contribution in [0.2, 0.25) is 10.0 Å². The minimum Gasteiger partial charge on any atom is -0.316 e. The Morgan fingerprint density at radius 3 is 2.62 bits per heavy atom. The highest BCUT2D eigenvalue weighted by Gasteiger charge is 2.38. The summed E-state index contributed by atoms with van der Waals surface area (Å²) in [6.07, 6.45) is 2.32. The van der Waals surface area contributed by atoms with Crippen molar-refractivity contribution in [1.29, 1.82) is 0 Å². The molecule has 0 aliphatic heterocycles. The Morgan fingerprint density at radius 1 is 1.44 bits per heavy atom. The van der Waals surface area contributed by atoms with E-state index in [2.05, 4.69) is 12.2 Å². The van der Waals surface area contributed by atoms with Gasteiger partial charge in [-0.2, -0.15) is 0 Å². The minimum absolute atomic E-state index is 0.536. The number of benzene rings is 1. The molecule has 1 nitrogen and oxygen atoms in total. The predicted molar refractivity (Wildman–Crippen MR) is 70.3 cm³/mol. The minimum atomic E-state index is 0.536. The maximum Gasteiger partial charge on any atom is 0.0453 e. The molecule has 0 amide bonds. The molecule has 3 atom stereocenters.